The Morgan fingerprint density at radius 1 is 1.17 bits per heavy atom. The summed E-state index contributed by atoms with van der Waals surface area (Å²) in [5, 5.41) is 0.703. The normalized spacial score (nSPS) is 25.8. The average molecular weight is 341 g/mol. The summed E-state index contributed by atoms with van der Waals surface area (Å²) in [6.07, 6.45) is 7.32. The van der Waals surface area contributed by atoms with E-state index in [4.69, 9.17) is 11.6 Å². The number of hydrogen-bond acceptors (Lipinski definition) is 2. The third-order valence-electron chi connectivity index (χ3n) is 5.61. The molecular weight excluding hydrogens is 320 g/mol. The fourth-order valence-corrected chi connectivity index (χ4v) is 4.50. The monoisotopic (exact) mass is 340 g/mol. The maximum Gasteiger partial charge on any atom is 0.226 e. The van der Waals surface area contributed by atoms with Crippen LogP contribution in [-0.4, -0.2) is 22.8 Å². The summed E-state index contributed by atoms with van der Waals surface area (Å²) in [6.45, 7) is 0. The van der Waals surface area contributed by atoms with Crippen LogP contribution in [0.5, 0.6) is 0 Å². The number of amides is 1. The Labute approximate surface area is 147 Å². The molecule has 0 bridgehead atoms. The molecule has 0 spiro atoms. The Bertz CT molecular complexity index is 721. The van der Waals surface area contributed by atoms with Crippen molar-refractivity contribution < 1.29 is 4.79 Å². The zero-order valence-corrected chi connectivity index (χ0v) is 14.5. The fraction of sp³-hybridized carbons (Fsp3) is 0.400. The van der Waals surface area contributed by atoms with Crippen LogP contribution in [0.4, 0.5) is 0 Å². The molecule has 3 nitrogen and oxygen atoms in total. The van der Waals surface area contributed by atoms with Crippen LogP contribution < -0.4 is 0 Å². The standard InChI is InChI=1S/C20H21ClN2O/c1-23(20(24)18-16-5-2-6-17(16)18)19(14-4-3-11-22-12-14)13-7-9-15(21)10-8-13/h3-4,7-12,16-19H,2,5-6H2,1H3/t16-,17+,18?,19-/m0/s1. The van der Waals surface area contributed by atoms with Crippen LogP contribution in [-0.2, 0) is 4.79 Å². The Kier molecular flexibility index (Phi) is 4.05. The Balaban J connectivity index is 1.64. The van der Waals surface area contributed by atoms with Crippen LogP contribution in [0.15, 0.2) is 48.8 Å². The molecule has 2 aliphatic carbocycles. The van der Waals surface area contributed by atoms with Crippen LogP contribution in [0.2, 0.25) is 5.02 Å². The van der Waals surface area contributed by atoms with Crippen molar-refractivity contribution in [3.05, 3.63) is 64.9 Å². The molecule has 1 aromatic carbocycles. The predicted octanol–water partition coefficient (Wildman–Crippen LogP) is 4.33. The molecule has 4 atom stereocenters. The van der Waals surface area contributed by atoms with E-state index in [1.54, 1.807) is 6.20 Å². The fourth-order valence-electron chi connectivity index (χ4n) is 4.37. The van der Waals surface area contributed by atoms with Crippen molar-refractivity contribution >= 4 is 17.5 Å². The second-order valence-electron chi connectivity index (χ2n) is 6.97. The molecule has 0 saturated heterocycles. The minimum absolute atomic E-state index is 0.121. The van der Waals surface area contributed by atoms with Gasteiger partial charge < -0.3 is 4.90 Å². The third kappa shape index (κ3) is 2.71. The molecule has 1 amide bonds. The van der Waals surface area contributed by atoms with Gasteiger partial charge in [-0.2, -0.15) is 0 Å². The summed E-state index contributed by atoms with van der Waals surface area (Å²) in [4.78, 5) is 19.2. The minimum atomic E-state index is -0.121. The quantitative estimate of drug-likeness (QED) is 0.830. The van der Waals surface area contributed by atoms with E-state index >= 15 is 0 Å². The maximum atomic E-state index is 13.1. The van der Waals surface area contributed by atoms with Crippen LogP contribution in [0, 0.1) is 17.8 Å². The van der Waals surface area contributed by atoms with E-state index < -0.39 is 0 Å². The summed E-state index contributed by atoms with van der Waals surface area (Å²) >= 11 is 6.04. The van der Waals surface area contributed by atoms with Gasteiger partial charge in [0, 0.05) is 30.4 Å². The molecule has 2 aromatic rings. The summed E-state index contributed by atoms with van der Waals surface area (Å²) in [5.41, 5.74) is 2.09. The van der Waals surface area contributed by atoms with Gasteiger partial charge in [-0.15, -0.1) is 0 Å². The van der Waals surface area contributed by atoms with Gasteiger partial charge in [-0.05, 0) is 54.0 Å². The molecule has 1 unspecified atom stereocenters. The van der Waals surface area contributed by atoms with Gasteiger partial charge in [0.2, 0.25) is 5.91 Å². The SMILES string of the molecule is CN(C(=O)C1[C@H]2CCC[C@@H]12)[C@@H](c1ccc(Cl)cc1)c1cccnc1. The van der Waals surface area contributed by atoms with Crippen molar-refractivity contribution in [1.82, 2.24) is 9.88 Å². The van der Waals surface area contributed by atoms with Gasteiger partial charge in [0.1, 0.15) is 0 Å². The van der Waals surface area contributed by atoms with Gasteiger partial charge in [-0.3, -0.25) is 9.78 Å². The highest BCUT2D eigenvalue weighted by Crippen LogP contribution is 2.58. The third-order valence-corrected chi connectivity index (χ3v) is 5.86. The van der Waals surface area contributed by atoms with E-state index in [1.165, 1.54) is 19.3 Å². The highest BCUT2D eigenvalue weighted by molar-refractivity contribution is 6.30. The first kappa shape index (κ1) is 15.6. The second-order valence-corrected chi connectivity index (χ2v) is 7.41. The molecule has 24 heavy (non-hydrogen) atoms. The molecule has 4 rings (SSSR count). The van der Waals surface area contributed by atoms with Crippen molar-refractivity contribution in [2.45, 2.75) is 25.3 Å². The molecule has 0 radical (unpaired) electrons. The van der Waals surface area contributed by atoms with Gasteiger partial charge in [-0.25, -0.2) is 0 Å². The number of fused-ring (bicyclic) bond motifs is 1. The Hall–Kier alpha value is -1.87. The molecule has 0 aliphatic heterocycles. The lowest BCUT2D eigenvalue weighted by atomic mass is 9.98. The molecule has 1 aromatic heterocycles. The molecule has 124 valence electrons. The van der Waals surface area contributed by atoms with Crippen molar-refractivity contribution in [3.63, 3.8) is 0 Å². The lowest BCUT2D eigenvalue weighted by molar-refractivity contribution is -0.133. The van der Waals surface area contributed by atoms with E-state index in [0.29, 0.717) is 16.9 Å². The van der Waals surface area contributed by atoms with Crippen LogP contribution in [0.1, 0.15) is 36.4 Å². The van der Waals surface area contributed by atoms with Gasteiger partial charge in [0.05, 0.1) is 6.04 Å². The lowest BCUT2D eigenvalue weighted by Gasteiger charge is -2.29. The van der Waals surface area contributed by atoms with E-state index in [2.05, 4.69) is 4.98 Å². The zero-order chi connectivity index (χ0) is 16.7. The van der Waals surface area contributed by atoms with Gasteiger partial charge in [0.15, 0.2) is 0 Å². The largest absolute Gasteiger partial charge is 0.334 e. The second kappa shape index (κ2) is 6.21. The van der Waals surface area contributed by atoms with Crippen LogP contribution in [0.25, 0.3) is 0 Å². The number of carbonyl (C=O) groups excluding carboxylic acids is 1. The highest BCUT2D eigenvalue weighted by atomic mass is 35.5. The lowest BCUT2D eigenvalue weighted by Crippen LogP contribution is -2.34. The number of pyridine rings is 1. The number of rotatable bonds is 4. The smallest absolute Gasteiger partial charge is 0.226 e. The van der Waals surface area contributed by atoms with E-state index in [1.807, 2.05) is 54.5 Å². The summed E-state index contributed by atoms with van der Waals surface area (Å²) in [5.74, 6) is 1.75. The number of nitrogens with zero attached hydrogens (tertiary/aromatic N) is 2. The molecule has 0 N–H and O–H groups in total. The molecule has 4 heteroatoms. The van der Waals surface area contributed by atoms with Crippen molar-refractivity contribution in [3.8, 4) is 0 Å². The van der Waals surface area contributed by atoms with E-state index in [0.717, 1.165) is 11.1 Å². The Morgan fingerprint density at radius 3 is 2.50 bits per heavy atom. The zero-order valence-electron chi connectivity index (χ0n) is 13.7. The number of carbonyl (C=O) groups is 1. The average Bonchev–Trinajstić information content (AvgIpc) is 3.08. The highest BCUT2D eigenvalue weighted by Gasteiger charge is 2.57. The topological polar surface area (TPSA) is 33.2 Å². The van der Waals surface area contributed by atoms with Crippen LogP contribution in [0.3, 0.4) is 0 Å². The summed E-state index contributed by atoms with van der Waals surface area (Å²) < 4.78 is 0. The van der Waals surface area contributed by atoms with E-state index in [9.17, 15) is 4.79 Å². The molecular formula is C20H21ClN2O. The van der Waals surface area contributed by atoms with Crippen molar-refractivity contribution in [2.75, 3.05) is 7.05 Å². The van der Waals surface area contributed by atoms with Crippen molar-refractivity contribution in [2.24, 2.45) is 17.8 Å². The maximum absolute atomic E-state index is 13.1. The van der Waals surface area contributed by atoms with Crippen LogP contribution >= 0.6 is 11.6 Å². The van der Waals surface area contributed by atoms with Crippen molar-refractivity contribution in [1.29, 1.82) is 0 Å². The minimum Gasteiger partial charge on any atom is -0.334 e. The number of hydrogen-bond donors (Lipinski definition) is 0. The first-order valence-corrected chi connectivity index (χ1v) is 8.96. The molecule has 1 heterocycles. The summed E-state index contributed by atoms with van der Waals surface area (Å²) in [7, 11) is 1.92. The molecule has 2 fully saturated rings. The molecule has 2 aliphatic rings. The Morgan fingerprint density at radius 2 is 1.88 bits per heavy atom. The van der Waals surface area contributed by atoms with Gasteiger partial charge in [0.25, 0.3) is 0 Å². The first-order chi connectivity index (χ1) is 11.7. The van der Waals surface area contributed by atoms with Gasteiger partial charge >= 0.3 is 0 Å². The number of benzene rings is 1. The van der Waals surface area contributed by atoms with E-state index in [-0.39, 0.29) is 17.9 Å². The number of aromatic nitrogens is 1. The first-order valence-electron chi connectivity index (χ1n) is 8.59. The summed E-state index contributed by atoms with van der Waals surface area (Å²) in [6, 6.07) is 11.6. The van der Waals surface area contributed by atoms with Gasteiger partial charge in [-0.1, -0.05) is 36.2 Å². The predicted molar refractivity (Wildman–Crippen MR) is 94.6 cm³/mol. The number of halogens is 1. The molecule has 2 saturated carbocycles.